The number of nitrogens with zero attached hydrogens (tertiary/aromatic N) is 1. The van der Waals surface area contributed by atoms with E-state index in [0.29, 0.717) is 12.0 Å². The van der Waals surface area contributed by atoms with Crippen molar-refractivity contribution >= 4 is 17.7 Å². The van der Waals surface area contributed by atoms with E-state index in [1.54, 1.807) is 12.1 Å². The number of Topliss-reactive ketones (excluding diaryl/α,β-unsaturated/α-hetero) is 1. The summed E-state index contributed by atoms with van der Waals surface area (Å²) in [5, 5.41) is 0. The summed E-state index contributed by atoms with van der Waals surface area (Å²) in [5.74, 6) is -1.57. The number of unbranched alkanes of at least 4 members (excludes halogenated alkanes) is 4. The van der Waals surface area contributed by atoms with Crippen molar-refractivity contribution in [2.45, 2.75) is 45.4 Å². The molecule has 3 N–H and O–H groups in total. The Balaban J connectivity index is 1.91. The lowest BCUT2D eigenvalue weighted by Crippen LogP contribution is -2.16. The van der Waals surface area contributed by atoms with Crippen LogP contribution in [-0.2, 0) is 0 Å². The fourth-order valence-electron chi connectivity index (χ4n) is 2.51. The third-order valence-electron chi connectivity index (χ3n) is 3.99. The van der Waals surface area contributed by atoms with E-state index >= 15 is 0 Å². The lowest BCUT2D eigenvalue weighted by molar-refractivity contribution is 0.0725. The number of rotatable bonds is 10. The van der Waals surface area contributed by atoms with Crippen molar-refractivity contribution in [1.82, 2.24) is 9.97 Å². The Morgan fingerprint density at radius 1 is 1.04 bits per heavy atom. The zero-order chi connectivity index (χ0) is 18.9. The molecule has 7 nitrogen and oxygen atoms in total. The van der Waals surface area contributed by atoms with Gasteiger partial charge >= 0.3 is 5.97 Å². The SMILES string of the molecule is CCCCCCCC(=O)c1ccc(C(=O)Oc2nc[nH]c2C(N)=O)cc1. The predicted molar refractivity (Wildman–Crippen MR) is 96.2 cm³/mol. The number of aromatic nitrogens is 2. The fraction of sp³-hybridized carbons (Fsp3) is 0.368. The molecule has 1 aromatic carbocycles. The van der Waals surface area contributed by atoms with E-state index in [-0.39, 0.29) is 22.9 Å². The third-order valence-corrected chi connectivity index (χ3v) is 3.99. The minimum Gasteiger partial charge on any atom is -0.401 e. The number of amides is 1. The summed E-state index contributed by atoms with van der Waals surface area (Å²) < 4.78 is 5.07. The van der Waals surface area contributed by atoms with Crippen LogP contribution in [-0.4, -0.2) is 27.6 Å². The summed E-state index contributed by atoms with van der Waals surface area (Å²) in [6.45, 7) is 2.15. The van der Waals surface area contributed by atoms with Crippen molar-refractivity contribution in [3.8, 4) is 5.88 Å². The second kappa shape index (κ2) is 9.50. The highest BCUT2D eigenvalue weighted by Crippen LogP contribution is 2.15. The summed E-state index contributed by atoms with van der Waals surface area (Å²) in [5.41, 5.74) is 5.90. The van der Waals surface area contributed by atoms with Crippen molar-refractivity contribution in [3.05, 3.63) is 47.4 Å². The van der Waals surface area contributed by atoms with E-state index in [9.17, 15) is 14.4 Å². The van der Waals surface area contributed by atoms with E-state index in [1.807, 2.05) is 0 Å². The fourth-order valence-corrected chi connectivity index (χ4v) is 2.51. The molecule has 0 aliphatic heterocycles. The molecule has 0 aliphatic rings. The topological polar surface area (TPSA) is 115 Å². The Labute approximate surface area is 152 Å². The van der Waals surface area contributed by atoms with Crippen LogP contribution in [0.1, 0.15) is 76.7 Å². The third kappa shape index (κ3) is 5.27. The molecule has 0 saturated carbocycles. The van der Waals surface area contributed by atoms with Crippen LogP contribution in [0.25, 0.3) is 0 Å². The van der Waals surface area contributed by atoms with Crippen LogP contribution >= 0.6 is 0 Å². The Hall–Kier alpha value is -2.96. The number of primary amides is 1. The molecule has 1 amide bonds. The molecule has 0 atom stereocenters. The second-order valence-electron chi connectivity index (χ2n) is 6.00. The maximum Gasteiger partial charge on any atom is 0.344 e. The second-order valence-corrected chi connectivity index (χ2v) is 6.00. The van der Waals surface area contributed by atoms with Crippen LogP contribution in [0, 0.1) is 0 Å². The molecule has 0 fully saturated rings. The number of hydrogen-bond donors (Lipinski definition) is 2. The number of aromatic amines is 1. The Morgan fingerprint density at radius 3 is 2.35 bits per heavy atom. The summed E-state index contributed by atoms with van der Waals surface area (Å²) in [6, 6.07) is 6.24. The number of nitrogens with one attached hydrogen (secondary N) is 1. The van der Waals surface area contributed by atoms with Crippen molar-refractivity contribution in [2.75, 3.05) is 0 Å². The molecule has 0 saturated heterocycles. The number of carbonyl (C=O) groups excluding carboxylic acids is 3. The summed E-state index contributed by atoms with van der Waals surface area (Å²) in [4.78, 5) is 41.7. The van der Waals surface area contributed by atoms with Gasteiger partial charge in [0.2, 0.25) is 0 Å². The average molecular weight is 357 g/mol. The highest BCUT2D eigenvalue weighted by Gasteiger charge is 2.17. The van der Waals surface area contributed by atoms with Crippen molar-refractivity contribution < 1.29 is 19.1 Å². The van der Waals surface area contributed by atoms with Gasteiger partial charge in [0.1, 0.15) is 0 Å². The highest BCUT2D eigenvalue weighted by atomic mass is 16.5. The Bertz CT molecular complexity index is 765. The molecule has 2 rings (SSSR count). The number of hydrogen-bond acceptors (Lipinski definition) is 5. The van der Waals surface area contributed by atoms with Gasteiger partial charge in [-0.1, -0.05) is 44.7 Å². The van der Waals surface area contributed by atoms with E-state index < -0.39 is 11.9 Å². The lowest BCUT2D eigenvalue weighted by Gasteiger charge is -2.05. The van der Waals surface area contributed by atoms with Crippen LogP contribution in [0.4, 0.5) is 0 Å². The van der Waals surface area contributed by atoms with Gasteiger partial charge in [-0.2, -0.15) is 0 Å². The number of imidazole rings is 1. The number of nitrogens with two attached hydrogens (primary N) is 1. The smallest absolute Gasteiger partial charge is 0.344 e. The molecule has 0 radical (unpaired) electrons. The molecule has 1 heterocycles. The molecular weight excluding hydrogens is 334 g/mol. The summed E-state index contributed by atoms with van der Waals surface area (Å²) in [6.07, 6.45) is 7.15. The van der Waals surface area contributed by atoms with Gasteiger partial charge in [-0.15, -0.1) is 0 Å². The number of ketones is 1. The maximum atomic E-state index is 12.2. The Morgan fingerprint density at radius 2 is 1.69 bits per heavy atom. The van der Waals surface area contributed by atoms with Crippen molar-refractivity contribution in [2.24, 2.45) is 5.73 Å². The molecule has 0 bridgehead atoms. The molecule has 2 aromatic rings. The highest BCUT2D eigenvalue weighted by molar-refractivity contribution is 5.98. The summed E-state index contributed by atoms with van der Waals surface area (Å²) >= 11 is 0. The lowest BCUT2D eigenvalue weighted by atomic mass is 10.0. The minimum atomic E-state index is -0.773. The summed E-state index contributed by atoms with van der Waals surface area (Å²) in [7, 11) is 0. The number of carbonyl (C=O) groups is 3. The molecule has 1 aromatic heterocycles. The van der Waals surface area contributed by atoms with Crippen LogP contribution in [0.3, 0.4) is 0 Å². The van der Waals surface area contributed by atoms with E-state index in [1.165, 1.54) is 31.3 Å². The first-order valence-electron chi connectivity index (χ1n) is 8.71. The number of H-pyrrole nitrogens is 1. The molecule has 7 heteroatoms. The van der Waals surface area contributed by atoms with Gasteiger partial charge in [-0.25, -0.2) is 9.78 Å². The van der Waals surface area contributed by atoms with Gasteiger partial charge in [-0.05, 0) is 18.6 Å². The minimum absolute atomic E-state index is 0.0599. The van der Waals surface area contributed by atoms with E-state index in [4.69, 9.17) is 10.5 Å². The molecule has 138 valence electrons. The zero-order valence-corrected chi connectivity index (χ0v) is 14.8. The average Bonchev–Trinajstić information content (AvgIpc) is 3.10. The van der Waals surface area contributed by atoms with Gasteiger partial charge in [0.25, 0.3) is 11.8 Å². The molecule has 0 unspecified atom stereocenters. The van der Waals surface area contributed by atoms with Gasteiger partial charge in [-0.3, -0.25) is 9.59 Å². The van der Waals surface area contributed by atoms with Crippen LogP contribution < -0.4 is 10.5 Å². The molecular formula is C19H23N3O4. The first-order chi connectivity index (χ1) is 12.5. The van der Waals surface area contributed by atoms with Gasteiger partial charge in [0.05, 0.1) is 11.9 Å². The first kappa shape index (κ1) is 19.4. The van der Waals surface area contributed by atoms with Gasteiger partial charge < -0.3 is 15.5 Å². The van der Waals surface area contributed by atoms with E-state index in [0.717, 1.165) is 19.3 Å². The molecule has 0 aliphatic carbocycles. The van der Waals surface area contributed by atoms with Gasteiger partial charge in [0, 0.05) is 12.0 Å². The molecule has 0 spiro atoms. The number of benzene rings is 1. The molecule has 26 heavy (non-hydrogen) atoms. The normalized spacial score (nSPS) is 10.5. The van der Waals surface area contributed by atoms with E-state index in [2.05, 4.69) is 16.9 Å². The van der Waals surface area contributed by atoms with Crippen LogP contribution in [0.15, 0.2) is 30.6 Å². The van der Waals surface area contributed by atoms with Crippen LogP contribution in [0.5, 0.6) is 5.88 Å². The van der Waals surface area contributed by atoms with Crippen molar-refractivity contribution in [1.29, 1.82) is 0 Å². The monoisotopic (exact) mass is 357 g/mol. The van der Waals surface area contributed by atoms with Crippen molar-refractivity contribution in [3.63, 3.8) is 0 Å². The number of esters is 1. The predicted octanol–water partition coefficient (Wildman–Crippen LogP) is 3.27. The standard InChI is InChI=1S/C19H23N3O4/c1-2-3-4-5-6-7-15(23)13-8-10-14(11-9-13)19(25)26-18-16(17(20)24)21-12-22-18/h8-12H,2-7H2,1H3,(H2,20,24)(H,21,22). The quantitative estimate of drug-likeness (QED) is 0.385. The number of ether oxygens (including phenoxy) is 1. The Kier molecular flexibility index (Phi) is 7.08. The largest absolute Gasteiger partial charge is 0.401 e. The van der Waals surface area contributed by atoms with Gasteiger partial charge in [0.15, 0.2) is 11.5 Å². The first-order valence-corrected chi connectivity index (χ1v) is 8.71. The maximum absolute atomic E-state index is 12.2. The zero-order valence-electron chi connectivity index (χ0n) is 14.8. The van der Waals surface area contributed by atoms with Crippen LogP contribution in [0.2, 0.25) is 0 Å².